The van der Waals surface area contributed by atoms with Crippen LogP contribution in [0.1, 0.15) is 36.7 Å². The fourth-order valence-corrected chi connectivity index (χ4v) is 0.921. The van der Waals surface area contributed by atoms with E-state index < -0.39 is 0 Å². The molecule has 3 heteroatoms. The number of ketones is 1. The molecular weight excluding hydrogens is 152 g/mol. The number of carbonyl (C=O) groups excluding carboxylic acids is 1. The lowest BCUT2D eigenvalue weighted by molar-refractivity contribution is 0.0975. The minimum absolute atomic E-state index is 0.110. The van der Waals surface area contributed by atoms with Crippen LogP contribution in [0.5, 0.6) is 0 Å². The van der Waals surface area contributed by atoms with Gasteiger partial charge in [-0.05, 0) is 12.5 Å². The second-order valence-corrected chi connectivity index (χ2v) is 2.62. The van der Waals surface area contributed by atoms with Gasteiger partial charge in [-0.25, -0.2) is 9.97 Å². The molecule has 0 spiro atoms. The molecule has 0 aromatic carbocycles. The summed E-state index contributed by atoms with van der Waals surface area (Å²) in [7, 11) is 0. The smallest absolute Gasteiger partial charge is 0.181 e. The van der Waals surface area contributed by atoms with Gasteiger partial charge in [0.2, 0.25) is 0 Å². The van der Waals surface area contributed by atoms with Crippen LogP contribution in [0.4, 0.5) is 0 Å². The Morgan fingerprint density at radius 3 is 3.00 bits per heavy atom. The van der Waals surface area contributed by atoms with Crippen molar-refractivity contribution in [3.05, 3.63) is 24.3 Å². The summed E-state index contributed by atoms with van der Waals surface area (Å²) in [5.74, 6) is 0.110. The van der Waals surface area contributed by atoms with Crippen LogP contribution in [0.2, 0.25) is 0 Å². The van der Waals surface area contributed by atoms with Gasteiger partial charge in [0.25, 0.3) is 0 Å². The largest absolute Gasteiger partial charge is 0.292 e. The van der Waals surface area contributed by atoms with Gasteiger partial charge < -0.3 is 0 Å². The van der Waals surface area contributed by atoms with Crippen LogP contribution in [0, 0.1) is 0 Å². The van der Waals surface area contributed by atoms with Crippen LogP contribution in [-0.4, -0.2) is 15.8 Å². The van der Waals surface area contributed by atoms with Crippen molar-refractivity contribution < 1.29 is 4.79 Å². The van der Waals surface area contributed by atoms with Gasteiger partial charge in [-0.15, -0.1) is 0 Å². The molecule has 0 aliphatic carbocycles. The molecule has 12 heavy (non-hydrogen) atoms. The van der Waals surface area contributed by atoms with Crippen molar-refractivity contribution in [1.82, 2.24) is 9.97 Å². The van der Waals surface area contributed by atoms with Crippen LogP contribution < -0.4 is 0 Å². The highest BCUT2D eigenvalue weighted by Gasteiger charge is 2.04. The number of aromatic nitrogens is 2. The van der Waals surface area contributed by atoms with E-state index in [0.29, 0.717) is 12.1 Å². The van der Waals surface area contributed by atoms with Crippen molar-refractivity contribution in [2.45, 2.75) is 26.2 Å². The van der Waals surface area contributed by atoms with Crippen molar-refractivity contribution in [2.24, 2.45) is 0 Å². The Hall–Kier alpha value is -1.25. The van der Waals surface area contributed by atoms with Gasteiger partial charge in [-0.1, -0.05) is 13.3 Å². The lowest BCUT2D eigenvalue weighted by Gasteiger charge is -1.96. The summed E-state index contributed by atoms with van der Waals surface area (Å²) >= 11 is 0. The molecule has 0 fully saturated rings. The Labute approximate surface area is 71.9 Å². The summed E-state index contributed by atoms with van der Waals surface area (Å²) < 4.78 is 0. The van der Waals surface area contributed by atoms with Gasteiger partial charge >= 0.3 is 0 Å². The quantitative estimate of drug-likeness (QED) is 0.638. The van der Waals surface area contributed by atoms with Crippen LogP contribution in [0.25, 0.3) is 0 Å². The van der Waals surface area contributed by atoms with Gasteiger partial charge in [0.05, 0.1) is 0 Å². The predicted molar refractivity (Wildman–Crippen MR) is 45.9 cm³/mol. The molecule has 3 nitrogen and oxygen atoms in total. The van der Waals surface area contributed by atoms with Crippen molar-refractivity contribution in [1.29, 1.82) is 0 Å². The third kappa shape index (κ3) is 2.42. The topological polar surface area (TPSA) is 42.9 Å². The predicted octanol–water partition coefficient (Wildman–Crippen LogP) is 1.85. The van der Waals surface area contributed by atoms with E-state index in [-0.39, 0.29) is 5.78 Å². The summed E-state index contributed by atoms with van der Waals surface area (Å²) in [6.45, 7) is 2.06. The van der Waals surface area contributed by atoms with Gasteiger partial charge in [-0.3, -0.25) is 4.79 Å². The van der Waals surface area contributed by atoms with Crippen LogP contribution in [-0.2, 0) is 0 Å². The normalized spacial score (nSPS) is 9.75. The van der Waals surface area contributed by atoms with E-state index in [1.807, 2.05) is 0 Å². The molecule has 0 saturated heterocycles. The molecule has 0 radical (unpaired) electrons. The number of Topliss-reactive ketones (excluding diaryl/α,β-unsaturated/α-hetero) is 1. The minimum Gasteiger partial charge on any atom is -0.292 e. The van der Waals surface area contributed by atoms with E-state index in [2.05, 4.69) is 16.9 Å². The van der Waals surface area contributed by atoms with E-state index >= 15 is 0 Å². The zero-order valence-electron chi connectivity index (χ0n) is 7.16. The van der Waals surface area contributed by atoms with E-state index in [1.54, 1.807) is 12.3 Å². The maximum atomic E-state index is 11.3. The maximum Gasteiger partial charge on any atom is 0.181 e. The third-order valence-electron chi connectivity index (χ3n) is 1.63. The van der Waals surface area contributed by atoms with Crippen LogP contribution in [0.3, 0.4) is 0 Å². The number of nitrogens with zero attached hydrogens (tertiary/aromatic N) is 2. The zero-order chi connectivity index (χ0) is 8.81. The first kappa shape index (κ1) is 8.84. The van der Waals surface area contributed by atoms with E-state index in [1.165, 1.54) is 6.33 Å². The Morgan fingerprint density at radius 1 is 1.58 bits per heavy atom. The zero-order valence-corrected chi connectivity index (χ0v) is 7.16. The number of hydrogen-bond donors (Lipinski definition) is 0. The molecule has 64 valence electrons. The summed E-state index contributed by atoms with van der Waals surface area (Å²) in [5, 5.41) is 0. The van der Waals surface area contributed by atoms with Gasteiger partial charge in [0.1, 0.15) is 12.0 Å². The fourth-order valence-electron chi connectivity index (χ4n) is 0.921. The lowest BCUT2D eigenvalue weighted by Crippen LogP contribution is -2.01. The Kier molecular flexibility index (Phi) is 3.38. The number of hydrogen-bond acceptors (Lipinski definition) is 3. The molecule has 0 N–H and O–H groups in total. The van der Waals surface area contributed by atoms with Gasteiger partial charge in [0, 0.05) is 12.6 Å². The third-order valence-corrected chi connectivity index (χ3v) is 1.63. The molecule has 0 bridgehead atoms. The highest BCUT2D eigenvalue weighted by molar-refractivity contribution is 5.93. The first-order valence-electron chi connectivity index (χ1n) is 4.13. The maximum absolute atomic E-state index is 11.3. The van der Waals surface area contributed by atoms with Gasteiger partial charge in [0.15, 0.2) is 5.78 Å². The second kappa shape index (κ2) is 4.59. The molecule has 0 unspecified atom stereocenters. The highest BCUT2D eigenvalue weighted by Crippen LogP contribution is 2.02. The van der Waals surface area contributed by atoms with Gasteiger partial charge in [-0.2, -0.15) is 0 Å². The number of carbonyl (C=O) groups is 1. The Balaban J connectivity index is 2.54. The molecule has 0 aliphatic rings. The summed E-state index contributed by atoms with van der Waals surface area (Å²) in [5.41, 5.74) is 0.526. The molecule has 0 saturated carbocycles. The molecule has 0 atom stereocenters. The number of rotatable bonds is 4. The molecule has 1 aromatic heterocycles. The molecule has 0 amide bonds. The van der Waals surface area contributed by atoms with Crippen LogP contribution >= 0.6 is 0 Å². The molecule has 1 heterocycles. The molecule has 1 aromatic rings. The average Bonchev–Trinajstić information content (AvgIpc) is 2.15. The highest BCUT2D eigenvalue weighted by atomic mass is 16.1. The van der Waals surface area contributed by atoms with Crippen LogP contribution in [0.15, 0.2) is 18.6 Å². The Bertz CT molecular complexity index is 246. The minimum atomic E-state index is 0.110. The summed E-state index contributed by atoms with van der Waals surface area (Å²) in [4.78, 5) is 18.9. The second-order valence-electron chi connectivity index (χ2n) is 2.62. The summed E-state index contributed by atoms with van der Waals surface area (Å²) in [6.07, 6.45) is 5.55. The van der Waals surface area contributed by atoms with Crippen molar-refractivity contribution in [3.63, 3.8) is 0 Å². The number of unbranched alkanes of at least 4 members (excludes halogenated alkanes) is 1. The monoisotopic (exact) mass is 164 g/mol. The van der Waals surface area contributed by atoms with Crippen molar-refractivity contribution >= 4 is 5.78 Å². The molecule has 0 aliphatic heterocycles. The van der Waals surface area contributed by atoms with E-state index in [0.717, 1.165) is 12.8 Å². The standard InChI is InChI=1S/C9H12N2O/c1-2-3-4-9(12)8-5-6-10-7-11-8/h5-7H,2-4H2,1H3. The van der Waals surface area contributed by atoms with Crippen molar-refractivity contribution in [3.8, 4) is 0 Å². The summed E-state index contributed by atoms with van der Waals surface area (Å²) in [6, 6.07) is 1.65. The van der Waals surface area contributed by atoms with E-state index in [4.69, 9.17) is 0 Å². The first-order valence-corrected chi connectivity index (χ1v) is 4.13. The lowest BCUT2D eigenvalue weighted by atomic mass is 10.1. The average molecular weight is 164 g/mol. The molecular formula is C9H12N2O. The van der Waals surface area contributed by atoms with Crippen molar-refractivity contribution in [2.75, 3.05) is 0 Å². The first-order chi connectivity index (χ1) is 5.84. The fraction of sp³-hybridized carbons (Fsp3) is 0.444. The Morgan fingerprint density at radius 2 is 2.42 bits per heavy atom. The SMILES string of the molecule is CCCCC(=O)c1ccncn1. The molecule has 1 rings (SSSR count). The van der Waals surface area contributed by atoms with E-state index in [9.17, 15) is 4.79 Å².